The molecule has 0 radical (unpaired) electrons. The molecular formula is C16H25N5. The minimum absolute atomic E-state index is 0.900. The van der Waals surface area contributed by atoms with E-state index in [1.807, 2.05) is 16.9 Å². The fourth-order valence-corrected chi connectivity index (χ4v) is 2.17. The normalized spacial score (nSPS) is 10.8. The Kier molecular flexibility index (Phi) is 5.72. The summed E-state index contributed by atoms with van der Waals surface area (Å²) < 4.78 is 1.97. The zero-order valence-corrected chi connectivity index (χ0v) is 13.3. The van der Waals surface area contributed by atoms with E-state index in [2.05, 4.69) is 47.4 Å². The Labute approximate surface area is 126 Å². The standard InChI is InChI=1S/C16H25N5/c1-4-7-15-19-14(10-16(20-15)17-8-5-2)13-11-18-21(12-13)9-6-3/h10-12H,4-9H2,1-3H3,(H,17,19,20). The molecule has 1 N–H and O–H groups in total. The lowest BCUT2D eigenvalue weighted by Crippen LogP contribution is -2.06. The molecule has 0 aromatic carbocycles. The molecule has 0 aliphatic heterocycles. The van der Waals surface area contributed by atoms with E-state index >= 15 is 0 Å². The topological polar surface area (TPSA) is 55.6 Å². The molecule has 114 valence electrons. The highest BCUT2D eigenvalue weighted by Crippen LogP contribution is 2.20. The van der Waals surface area contributed by atoms with Crippen molar-refractivity contribution in [2.45, 2.75) is 53.0 Å². The molecule has 0 saturated carbocycles. The SMILES string of the molecule is CCCNc1cc(-c2cnn(CCC)c2)nc(CCC)n1. The third-order valence-electron chi connectivity index (χ3n) is 3.18. The number of nitrogens with zero attached hydrogens (tertiary/aromatic N) is 4. The van der Waals surface area contributed by atoms with Crippen LogP contribution in [0.5, 0.6) is 0 Å². The number of anilines is 1. The lowest BCUT2D eigenvalue weighted by Gasteiger charge is -2.08. The highest BCUT2D eigenvalue weighted by Gasteiger charge is 2.08. The molecule has 0 bridgehead atoms. The third kappa shape index (κ3) is 4.28. The van der Waals surface area contributed by atoms with Gasteiger partial charge in [0, 0.05) is 37.3 Å². The molecule has 2 rings (SSSR count). The van der Waals surface area contributed by atoms with E-state index in [4.69, 9.17) is 0 Å². The van der Waals surface area contributed by atoms with Crippen molar-refractivity contribution in [1.82, 2.24) is 19.7 Å². The maximum Gasteiger partial charge on any atom is 0.131 e. The zero-order valence-electron chi connectivity index (χ0n) is 13.3. The fourth-order valence-electron chi connectivity index (χ4n) is 2.17. The summed E-state index contributed by atoms with van der Waals surface area (Å²) in [5, 5.41) is 7.74. The number of aromatic nitrogens is 4. The first kappa shape index (κ1) is 15.5. The van der Waals surface area contributed by atoms with Gasteiger partial charge in [0.05, 0.1) is 11.9 Å². The van der Waals surface area contributed by atoms with Gasteiger partial charge in [-0.25, -0.2) is 9.97 Å². The lowest BCUT2D eigenvalue weighted by atomic mass is 10.2. The summed E-state index contributed by atoms with van der Waals surface area (Å²) in [7, 11) is 0. The number of hydrogen-bond donors (Lipinski definition) is 1. The van der Waals surface area contributed by atoms with Gasteiger partial charge in [0.15, 0.2) is 0 Å². The lowest BCUT2D eigenvalue weighted by molar-refractivity contribution is 0.603. The van der Waals surface area contributed by atoms with Crippen LogP contribution in [0.1, 0.15) is 45.9 Å². The van der Waals surface area contributed by atoms with Crippen molar-refractivity contribution >= 4 is 5.82 Å². The Morgan fingerprint density at radius 2 is 1.95 bits per heavy atom. The summed E-state index contributed by atoms with van der Waals surface area (Å²) >= 11 is 0. The predicted octanol–water partition coefficient (Wildman–Crippen LogP) is 3.52. The van der Waals surface area contributed by atoms with Gasteiger partial charge >= 0.3 is 0 Å². The van der Waals surface area contributed by atoms with E-state index in [9.17, 15) is 0 Å². The maximum absolute atomic E-state index is 4.67. The van der Waals surface area contributed by atoms with Crippen molar-refractivity contribution in [3.05, 3.63) is 24.3 Å². The minimum Gasteiger partial charge on any atom is -0.370 e. The second-order valence-electron chi connectivity index (χ2n) is 5.22. The minimum atomic E-state index is 0.900. The summed E-state index contributed by atoms with van der Waals surface area (Å²) in [5.41, 5.74) is 2.01. The van der Waals surface area contributed by atoms with Crippen molar-refractivity contribution in [1.29, 1.82) is 0 Å². The molecular weight excluding hydrogens is 262 g/mol. The van der Waals surface area contributed by atoms with Crippen LogP contribution >= 0.6 is 0 Å². The second kappa shape index (κ2) is 7.76. The molecule has 0 aliphatic rings. The Balaban J connectivity index is 2.28. The number of nitrogens with one attached hydrogen (secondary N) is 1. The van der Waals surface area contributed by atoms with Crippen LogP contribution in [0.15, 0.2) is 18.5 Å². The van der Waals surface area contributed by atoms with Crippen molar-refractivity contribution in [3.63, 3.8) is 0 Å². The van der Waals surface area contributed by atoms with E-state index in [1.165, 1.54) is 0 Å². The van der Waals surface area contributed by atoms with Crippen LogP contribution in [0, 0.1) is 0 Å². The molecule has 2 aromatic heterocycles. The quantitative estimate of drug-likeness (QED) is 0.807. The first-order valence-corrected chi connectivity index (χ1v) is 7.91. The van der Waals surface area contributed by atoms with Crippen LogP contribution in [0.2, 0.25) is 0 Å². The van der Waals surface area contributed by atoms with E-state index in [0.29, 0.717) is 0 Å². The van der Waals surface area contributed by atoms with Gasteiger partial charge in [0.1, 0.15) is 11.6 Å². The third-order valence-corrected chi connectivity index (χ3v) is 3.18. The van der Waals surface area contributed by atoms with Crippen LogP contribution in [0.25, 0.3) is 11.3 Å². The van der Waals surface area contributed by atoms with Gasteiger partial charge in [-0.1, -0.05) is 20.8 Å². The summed E-state index contributed by atoms with van der Waals surface area (Å²) in [5.74, 6) is 1.81. The van der Waals surface area contributed by atoms with Gasteiger partial charge in [-0.15, -0.1) is 0 Å². The fraction of sp³-hybridized carbons (Fsp3) is 0.562. The highest BCUT2D eigenvalue weighted by molar-refractivity contribution is 5.61. The molecule has 0 saturated heterocycles. The van der Waals surface area contributed by atoms with Crippen molar-refractivity contribution < 1.29 is 0 Å². The molecule has 2 heterocycles. The van der Waals surface area contributed by atoms with Gasteiger partial charge in [0.2, 0.25) is 0 Å². The summed E-state index contributed by atoms with van der Waals surface area (Å²) in [4.78, 5) is 9.25. The monoisotopic (exact) mass is 287 g/mol. The van der Waals surface area contributed by atoms with Crippen molar-refractivity contribution in [3.8, 4) is 11.3 Å². The molecule has 0 unspecified atom stereocenters. The predicted molar refractivity (Wildman–Crippen MR) is 86.3 cm³/mol. The van der Waals surface area contributed by atoms with Crippen LogP contribution in [-0.2, 0) is 13.0 Å². The van der Waals surface area contributed by atoms with Gasteiger partial charge < -0.3 is 5.32 Å². The van der Waals surface area contributed by atoms with Crippen LogP contribution in [0.4, 0.5) is 5.82 Å². The molecule has 0 atom stereocenters. The van der Waals surface area contributed by atoms with E-state index in [-0.39, 0.29) is 0 Å². The Hall–Kier alpha value is -1.91. The van der Waals surface area contributed by atoms with E-state index in [0.717, 1.165) is 61.7 Å². The van der Waals surface area contributed by atoms with Crippen molar-refractivity contribution in [2.24, 2.45) is 0 Å². The molecule has 5 nitrogen and oxygen atoms in total. The average Bonchev–Trinajstić information content (AvgIpc) is 2.94. The average molecular weight is 287 g/mol. The summed E-state index contributed by atoms with van der Waals surface area (Å²) in [6.45, 7) is 8.31. The summed E-state index contributed by atoms with van der Waals surface area (Å²) in [6.07, 6.45) is 8.05. The van der Waals surface area contributed by atoms with Gasteiger partial charge in [-0.2, -0.15) is 5.10 Å². The molecule has 0 amide bonds. The molecule has 0 fully saturated rings. The van der Waals surface area contributed by atoms with E-state index < -0.39 is 0 Å². The highest BCUT2D eigenvalue weighted by atomic mass is 15.3. The maximum atomic E-state index is 4.67. The smallest absolute Gasteiger partial charge is 0.131 e. The number of hydrogen-bond acceptors (Lipinski definition) is 4. The van der Waals surface area contributed by atoms with Gasteiger partial charge in [0.25, 0.3) is 0 Å². The number of aryl methyl sites for hydroxylation is 2. The largest absolute Gasteiger partial charge is 0.370 e. The van der Waals surface area contributed by atoms with Crippen LogP contribution in [-0.4, -0.2) is 26.3 Å². The zero-order chi connectivity index (χ0) is 15.1. The molecule has 2 aromatic rings. The van der Waals surface area contributed by atoms with Crippen LogP contribution in [0.3, 0.4) is 0 Å². The number of rotatable bonds is 8. The van der Waals surface area contributed by atoms with Gasteiger partial charge in [-0.05, 0) is 19.3 Å². The van der Waals surface area contributed by atoms with Crippen molar-refractivity contribution in [2.75, 3.05) is 11.9 Å². The Bertz CT molecular complexity index is 562. The molecule has 0 aliphatic carbocycles. The second-order valence-corrected chi connectivity index (χ2v) is 5.22. The molecule has 0 spiro atoms. The van der Waals surface area contributed by atoms with Gasteiger partial charge in [-0.3, -0.25) is 4.68 Å². The van der Waals surface area contributed by atoms with E-state index in [1.54, 1.807) is 0 Å². The Morgan fingerprint density at radius 3 is 2.67 bits per heavy atom. The van der Waals surface area contributed by atoms with Crippen LogP contribution < -0.4 is 5.32 Å². The molecule has 21 heavy (non-hydrogen) atoms. The summed E-state index contributed by atoms with van der Waals surface area (Å²) in [6, 6.07) is 2.02. The first-order valence-electron chi connectivity index (χ1n) is 7.91. The molecule has 5 heteroatoms. The first-order chi connectivity index (χ1) is 10.3. The Morgan fingerprint density at radius 1 is 1.10 bits per heavy atom.